The van der Waals surface area contributed by atoms with E-state index >= 15 is 24.0 Å². The molecule has 2 heterocycles. The predicted octanol–water partition coefficient (Wildman–Crippen LogP) is 3.52. The van der Waals surface area contributed by atoms with Gasteiger partial charge in [-0.05, 0) is 105 Å². The van der Waals surface area contributed by atoms with Gasteiger partial charge >= 0.3 is 0 Å². The van der Waals surface area contributed by atoms with E-state index in [0.29, 0.717) is 48.5 Å². The molecule has 2 aromatic rings. The summed E-state index contributed by atoms with van der Waals surface area (Å²) in [6.07, 6.45) is -0.896. The van der Waals surface area contributed by atoms with Crippen molar-refractivity contribution < 1.29 is 72.5 Å². The third-order valence-corrected chi connectivity index (χ3v) is 19.7. The van der Waals surface area contributed by atoms with E-state index in [1.165, 1.54) is 77.9 Å². The van der Waals surface area contributed by atoms with Crippen molar-refractivity contribution >= 4 is 82.5 Å². The third kappa shape index (κ3) is 25.2. The van der Waals surface area contributed by atoms with Crippen LogP contribution in [0.15, 0.2) is 54.6 Å². The highest BCUT2D eigenvalue weighted by atomic mass is 35.5. The molecule has 2 aliphatic rings. The summed E-state index contributed by atoms with van der Waals surface area (Å²) in [4.78, 5) is 191. The standard InChI is InChI=1S/C75H119ClN12O15/c1-20-48(10)65-69(96)80-63(50(12)90)75(102)81(13)41-62(92)82(14)57(35-45(4)5)66(93)78-55(72(99)88-32-25-22-26-33-88)40-61(91)86(18)64(47(8)9)68(95)79-56(43-103-42-49(11)89)71(98)84(16)59(36-46(6)7)73(100)83(15)58(39-52-30-27-31-53(76)37-52)67(94)77-54(34-44(2)3)70(97)85(17)60(74(101)87(65)19)38-51-28-23-21-24-29-51/h21,23-24,27-31,37,44-50,54-60,63-65,89-90H,20,22,25-26,32-36,38-43H2,1-19H3,(H,77,94)(H,78,93)(H,79,95)(H,80,96)/t48-,49+,50+,54-,55-,56-,57-,58-,59-,60-,63-,64-,65-/m0/s1. The maximum atomic E-state index is 15.6. The van der Waals surface area contributed by atoms with Crippen molar-refractivity contribution in [3.63, 3.8) is 0 Å². The zero-order chi connectivity index (χ0) is 77.6. The average molecular weight is 1460 g/mol. The van der Waals surface area contributed by atoms with Crippen molar-refractivity contribution in [3.8, 4) is 0 Å². The minimum atomic E-state index is -1.69. The number of nitrogens with zero attached hydrogens (tertiary/aromatic N) is 8. The zero-order valence-corrected chi connectivity index (χ0v) is 65.0. The first-order valence-electron chi connectivity index (χ1n) is 36.3. The van der Waals surface area contributed by atoms with E-state index in [-0.39, 0.29) is 56.5 Å². The number of carbonyl (C=O) groups is 12. The van der Waals surface area contributed by atoms with Crippen LogP contribution in [-0.2, 0) is 75.1 Å². The van der Waals surface area contributed by atoms with Gasteiger partial charge in [-0.25, -0.2) is 0 Å². The number of halogens is 1. The van der Waals surface area contributed by atoms with Crippen molar-refractivity contribution in [1.29, 1.82) is 0 Å². The molecule has 28 heteroatoms. The smallest absolute Gasteiger partial charge is 0.248 e. The molecule has 0 radical (unpaired) electrons. The van der Waals surface area contributed by atoms with Crippen molar-refractivity contribution in [2.24, 2.45) is 29.6 Å². The molecule has 0 bridgehead atoms. The van der Waals surface area contributed by atoms with Gasteiger partial charge in [0, 0.05) is 80.3 Å². The van der Waals surface area contributed by atoms with Crippen LogP contribution < -0.4 is 21.3 Å². The second-order valence-electron chi connectivity index (χ2n) is 29.9. The Hall–Kier alpha value is -7.75. The molecule has 12 amide bonds. The number of aliphatic hydroxyl groups is 2. The van der Waals surface area contributed by atoms with Gasteiger partial charge in [-0.3, -0.25) is 57.5 Å². The Morgan fingerprint density at radius 1 is 0.524 bits per heavy atom. The van der Waals surface area contributed by atoms with E-state index in [2.05, 4.69) is 21.3 Å². The summed E-state index contributed by atoms with van der Waals surface area (Å²) in [5.74, 6) is -11.2. The molecule has 27 nitrogen and oxygen atoms in total. The summed E-state index contributed by atoms with van der Waals surface area (Å²) in [6.45, 7) is 19.8. The first-order chi connectivity index (χ1) is 48.2. The Morgan fingerprint density at radius 2 is 1.04 bits per heavy atom. The molecule has 6 N–H and O–H groups in total. The van der Waals surface area contributed by atoms with E-state index in [4.69, 9.17) is 16.3 Å². The monoisotopic (exact) mass is 1460 g/mol. The average Bonchev–Trinajstić information content (AvgIpc) is 0.815. The second-order valence-corrected chi connectivity index (χ2v) is 30.3. The summed E-state index contributed by atoms with van der Waals surface area (Å²) in [5.41, 5.74) is 1.16. The van der Waals surface area contributed by atoms with Crippen LogP contribution in [0.5, 0.6) is 0 Å². The summed E-state index contributed by atoms with van der Waals surface area (Å²) in [5, 5.41) is 33.1. The molecule has 4 rings (SSSR count). The zero-order valence-electron chi connectivity index (χ0n) is 64.3. The molecule has 2 aromatic carbocycles. The molecule has 2 saturated heterocycles. The van der Waals surface area contributed by atoms with Gasteiger partial charge < -0.3 is 75.4 Å². The van der Waals surface area contributed by atoms with Crippen LogP contribution in [0.2, 0.25) is 5.02 Å². The van der Waals surface area contributed by atoms with Gasteiger partial charge in [0.1, 0.15) is 60.4 Å². The molecule has 0 aliphatic carbocycles. The Bertz CT molecular complexity index is 3200. The van der Waals surface area contributed by atoms with Gasteiger partial charge in [0.2, 0.25) is 70.9 Å². The number of likely N-dealkylation sites (N-methyl/N-ethyl adjacent to an activating group) is 7. The van der Waals surface area contributed by atoms with Crippen LogP contribution in [0.4, 0.5) is 0 Å². The summed E-state index contributed by atoms with van der Waals surface area (Å²) in [7, 11) is 9.59. The van der Waals surface area contributed by atoms with Crippen molar-refractivity contribution in [3.05, 3.63) is 70.7 Å². The van der Waals surface area contributed by atoms with Crippen LogP contribution >= 0.6 is 11.6 Å². The molecule has 0 aromatic heterocycles. The fourth-order valence-electron chi connectivity index (χ4n) is 13.3. The number of hydrogen-bond acceptors (Lipinski definition) is 15. The first-order valence-corrected chi connectivity index (χ1v) is 36.7. The number of likely N-dealkylation sites (tertiary alicyclic amines) is 1. The lowest BCUT2D eigenvalue weighted by atomic mass is 9.94. The number of benzene rings is 2. The number of rotatable bonds is 19. The number of hydrogen-bond donors (Lipinski definition) is 6. The number of ether oxygens (including phenoxy) is 1. The van der Waals surface area contributed by atoms with Gasteiger partial charge in [-0.2, -0.15) is 0 Å². The van der Waals surface area contributed by atoms with Crippen molar-refractivity contribution in [1.82, 2.24) is 60.5 Å². The largest absolute Gasteiger partial charge is 0.391 e. The fraction of sp³-hybridized carbons (Fsp3) is 0.680. The molecule has 0 spiro atoms. The maximum Gasteiger partial charge on any atom is 0.248 e. The number of amides is 12. The van der Waals surface area contributed by atoms with Crippen LogP contribution in [-0.4, -0.2) is 275 Å². The van der Waals surface area contributed by atoms with Gasteiger partial charge in [0.25, 0.3) is 0 Å². The van der Waals surface area contributed by atoms with Gasteiger partial charge in [0.15, 0.2) is 0 Å². The quantitative estimate of drug-likeness (QED) is 0.117. The fourth-order valence-corrected chi connectivity index (χ4v) is 13.5. The minimum Gasteiger partial charge on any atom is -0.391 e. The maximum absolute atomic E-state index is 15.6. The Kier molecular flexibility index (Phi) is 35.0. The normalized spacial score (nSPS) is 25.3. The molecule has 103 heavy (non-hydrogen) atoms. The van der Waals surface area contributed by atoms with Crippen LogP contribution in [0.25, 0.3) is 0 Å². The van der Waals surface area contributed by atoms with E-state index in [1.54, 1.807) is 87.2 Å². The van der Waals surface area contributed by atoms with Gasteiger partial charge in [-0.1, -0.05) is 130 Å². The van der Waals surface area contributed by atoms with E-state index in [0.717, 1.165) is 26.0 Å². The molecular weight excluding hydrogens is 1340 g/mol. The van der Waals surface area contributed by atoms with E-state index in [9.17, 15) is 43.8 Å². The Labute approximate surface area is 615 Å². The number of piperidine rings is 1. The van der Waals surface area contributed by atoms with E-state index in [1.807, 2.05) is 41.5 Å². The highest BCUT2D eigenvalue weighted by molar-refractivity contribution is 6.30. The van der Waals surface area contributed by atoms with Crippen molar-refractivity contribution in [2.45, 2.75) is 220 Å². The molecule has 2 fully saturated rings. The molecule has 0 saturated carbocycles. The lowest BCUT2D eigenvalue weighted by Gasteiger charge is -2.39. The topological polar surface area (TPSA) is 329 Å². The first kappa shape index (κ1) is 87.7. The predicted molar refractivity (Wildman–Crippen MR) is 392 cm³/mol. The Balaban J connectivity index is 2.03. The summed E-state index contributed by atoms with van der Waals surface area (Å²) < 4.78 is 5.83. The lowest BCUT2D eigenvalue weighted by molar-refractivity contribution is -0.152. The molecule has 13 atom stereocenters. The van der Waals surface area contributed by atoms with Crippen LogP contribution in [0.3, 0.4) is 0 Å². The number of aliphatic hydroxyl groups excluding tert-OH is 2. The summed E-state index contributed by atoms with van der Waals surface area (Å²) >= 11 is 6.54. The Morgan fingerprint density at radius 3 is 1.59 bits per heavy atom. The van der Waals surface area contributed by atoms with Crippen LogP contribution in [0, 0.1) is 29.6 Å². The molecule has 576 valence electrons. The number of carbonyl (C=O) groups excluding carboxylic acids is 12. The molecule has 2 aliphatic heterocycles. The van der Waals surface area contributed by atoms with Crippen LogP contribution in [0.1, 0.15) is 146 Å². The van der Waals surface area contributed by atoms with E-state index < -0.39 is 175 Å². The highest BCUT2D eigenvalue weighted by Crippen LogP contribution is 2.25. The lowest BCUT2D eigenvalue weighted by Crippen LogP contribution is -2.63. The SMILES string of the molecule is CC[C@H](C)[C@H]1C(=O)N[C@@H]([C@@H](C)O)C(=O)N(C)CC(=O)N(C)[C@@H](CC(C)C)C(=O)N[C@H](C(=O)N2CCCCC2)CC(=O)N(C)[C@@H](C(C)C)C(=O)N[C@@H](COC[C@@H](C)O)C(=O)N(C)[C@@H](CC(C)C)C(=O)N(C)[C@@H](Cc2cccc(Cl)c2)C(=O)N[C@@H](CC(C)C)C(=O)N(C)[C@@H](Cc2ccccc2)C(=O)N1C. The summed E-state index contributed by atoms with van der Waals surface area (Å²) in [6, 6.07) is 1.33. The molecule has 0 unspecified atom stereocenters. The van der Waals surface area contributed by atoms with Crippen molar-refractivity contribution in [2.75, 3.05) is 82.2 Å². The highest BCUT2D eigenvalue weighted by Gasteiger charge is 2.45. The number of nitrogens with one attached hydrogen (secondary N) is 4. The third-order valence-electron chi connectivity index (χ3n) is 19.4. The van der Waals surface area contributed by atoms with Gasteiger partial charge in [-0.15, -0.1) is 0 Å². The molecular formula is C75H119ClN12O15. The minimum absolute atomic E-state index is 0.0251. The van der Waals surface area contributed by atoms with Gasteiger partial charge in [0.05, 0.1) is 38.4 Å². The second kappa shape index (κ2) is 41.1.